The van der Waals surface area contributed by atoms with Gasteiger partial charge in [-0.15, -0.1) is 11.8 Å². The van der Waals surface area contributed by atoms with Crippen molar-refractivity contribution >= 4 is 17.7 Å². The molecular weight excluding hydrogens is 146 g/mol. The van der Waals surface area contributed by atoms with Gasteiger partial charge in [-0.05, 0) is 20.8 Å². The van der Waals surface area contributed by atoms with Crippen LogP contribution in [0, 0.1) is 0 Å². The summed E-state index contributed by atoms with van der Waals surface area (Å²) >= 11 is 1.72. The molecule has 0 aromatic heterocycles. The Hall–Kier alpha value is -0.180. The van der Waals surface area contributed by atoms with Crippen LogP contribution in [0.5, 0.6) is 0 Å². The number of thioether (sulfide) groups is 1. The zero-order valence-corrected chi connectivity index (χ0v) is 7.42. The van der Waals surface area contributed by atoms with E-state index >= 15 is 0 Å². The summed E-state index contributed by atoms with van der Waals surface area (Å²) in [6, 6.07) is 0.338. The van der Waals surface area contributed by atoms with Crippen molar-refractivity contribution in [1.29, 1.82) is 0 Å². The molecule has 1 amide bonds. The highest BCUT2D eigenvalue weighted by Gasteiger charge is 2.33. The van der Waals surface area contributed by atoms with Gasteiger partial charge < -0.3 is 5.32 Å². The first-order chi connectivity index (χ1) is 4.52. The van der Waals surface area contributed by atoms with E-state index in [-0.39, 0.29) is 10.7 Å². The van der Waals surface area contributed by atoms with Crippen molar-refractivity contribution in [2.45, 2.75) is 31.6 Å². The zero-order valence-electron chi connectivity index (χ0n) is 6.60. The molecule has 1 atom stereocenters. The normalized spacial score (nSPS) is 31.5. The topological polar surface area (TPSA) is 29.1 Å². The highest BCUT2D eigenvalue weighted by Crippen LogP contribution is 2.28. The molecule has 1 N–H and O–H groups in total. The Labute approximate surface area is 65.8 Å². The minimum absolute atomic E-state index is 0.163. The van der Waals surface area contributed by atoms with Crippen molar-refractivity contribution in [3.8, 4) is 0 Å². The Balaban J connectivity index is 2.61. The monoisotopic (exact) mass is 159 g/mol. The molecule has 1 fully saturated rings. The third-order valence-corrected chi connectivity index (χ3v) is 3.19. The SMILES string of the molecule is CC1CSC(C)(C)C(=O)N1. The summed E-state index contributed by atoms with van der Waals surface area (Å²) in [6.07, 6.45) is 0. The molecule has 1 heterocycles. The maximum absolute atomic E-state index is 11.2. The molecule has 0 saturated carbocycles. The second kappa shape index (κ2) is 2.46. The fraction of sp³-hybridized carbons (Fsp3) is 0.857. The summed E-state index contributed by atoms with van der Waals surface area (Å²) in [5.41, 5.74) is 0. The van der Waals surface area contributed by atoms with Crippen molar-refractivity contribution in [3.05, 3.63) is 0 Å². The van der Waals surface area contributed by atoms with Gasteiger partial charge in [-0.2, -0.15) is 0 Å². The second-order valence-electron chi connectivity index (χ2n) is 3.20. The number of carbonyl (C=O) groups excluding carboxylic acids is 1. The van der Waals surface area contributed by atoms with Crippen molar-refractivity contribution in [1.82, 2.24) is 5.32 Å². The summed E-state index contributed by atoms with van der Waals surface area (Å²) < 4.78 is -0.216. The maximum Gasteiger partial charge on any atom is 0.235 e. The third-order valence-electron chi connectivity index (χ3n) is 1.62. The van der Waals surface area contributed by atoms with E-state index in [9.17, 15) is 4.79 Å². The van der Waals surface area contributed by atoms with Crippen LogP contribution in [0.2, 0.25) is 0 Å². The molecule has 0 aliphatic carbocycles. The average Bonchev–Trinajstić information content (AvgIpc) is 1.81. The molecule has 1 aliphatic heterocycles. The average molecular weight is 159 g/mol. The summed E-state index contributed by atoms with van der Waals surface area (Å²) in [7, 11) is 0. The Morgan fingerprint density at radius 2 is 2.30 bits per heavy atom. The smallest absolute Gasteiger partial charge is 0.235 e. The van der Waals surface area contributed by atoms with Crippen LogP contribution in [-0.2, 0) is 4.79 Å². The van der Waals surface area contributed by atoms with E-state index in [0.29, 0.717) is 6.04 Å². The lowest BCUT2D eigenvalue weighted by molar-refractivity contribution is -0.123. The van der Waals surface area contributed by atoms with Gasteiger partial charge in [0.1, 0.15) is 0 Å². The molecule has 1 rings (SSSR count). The molecule has 2 nitrogen and oxygen atoms in total. The van der Waals surface area contributed by atoms with E-state index in [0.717, 1.165) is 5.75 Å². The van der Waals surface area contributed by atoms with E-state index in [4.69, 9.17) is 0 Å². The number of hydrogen-bond donors (Lipinski definition) is 1. The van der Waals surface area contributed by atoms with Crippen LogP contribution < -0.4 is 5.32 Å². The number of carbonyl (C=O) groups is 1. The van der Waals surface area contributed by atoms with Gasteiger partial charge in [-0.1, -0.05) is 0 Å². The second-order valence-corrected chi connectivity index (χ2v) is 4.84. The maximum atomic E-state index is 11.2. The van der Waals surface area contributed by atoms with E-state index in [1.807, 2.05) is 20.8 Å². The minimum atomic E-state index is -0.216. The molecule has 3 heteroatoms. The van der Waals surface area contributed by atoms with E-state index in [1.165, 1.54) is 0 Å². The van der Waals surface area contributed by atoms with E-state index in [2.05, 4.69) is 5.32 Å². The van der Waals surface area contributed by atoms with E-state index < -0.39 is 0 Å². The highest BCUT2D eigenvalue weighted by molar-refractivity contribution is 8.01. The predicted octanol–water partition coefficient (Wildman–Crippen LogP) is 1.02. The molecule has 0 bridgehead atoms. The van der Waals surface area contributed by atoms with Gasteiger partial charge in [-0.25, -0.2) is 0 Å². The van der Waals surface area contributed by atoms with Crippen molar-refractivity contribution in [2.24, 2.45) is 0 Å². The first kappa shape index (κ1) is 7.92. The van der Waals surface area contributed by atoms with Gasteiger partial charge in [0.05, 0.1) is 4.75 Å². The van der Waals surface area contributed by atoms with Crippen LogP contribution in [-0.4, -0.2) is 22.4 Å². The van der Waals surface area contributed by atoms with Gasteiger partial charge in [-0.3, -0.25) is 4.79 Å². The Morgan fingerprint density at radius 3 is 2.70 bits per heavy atom. The van der Waals surface area contributed by atoms with Gasteiger partial charge in [0.25, 0.3) is 0 Å². The molecule has 1 unspecified atom stereocenters. The number of rotatable bonds is 0. The van der Waals surface area contributed by atoms with Crippen LogP contribution in [0.15, 0.2) is 0 Å². The molecule has 10 heavy (non-hydrogen) atoms. The van der Waals surface area contributed by atoms with Crippen LogP contribution in [0.3, 0.4) is 0 Å². The van der Waals surface area contributed by atoms with Gasteiger partial charge in [0.2, 0.25) is 5.91 Å². The first-order valence-corrected chi connectivity index (χ1v) is 4.46. The van der Waals surface area contributed by atoms with Crippen molar-refractivity contribution in [2.75, 3.05) is 5.75 Å². The molecule has 0 aromatic carbocycles. The lowest BCUT2D eigenvalue weighted by atomic mass is 10.2. The molecule has 0 spiro atoms. The Kier molecular flexibility index (Phi) is 1.95. The van der Waals surface area contributed by atoms with Crippen LogP contribution in [0.1, 0.15) is 20.8 Å². The van der Waals surface area contributed by atoms with Crippen LogP contribution >= 0.6 is 11.8 Å². The number of amides is 1. The minimum Gasteiger partial charge on any atom is -0.352 e. The van der Waals surface area contributed by atoms with Gasteiger partial charge >= 0.3 is 0 Å². The third kappa shape index (κ3) is 1.45. The Morgan fingerprint density at radius 1 is 1.70 bits per heavy atom. The summed E-state index contributed by atoms with van der Waals surface area (Å²) in [6.45, 7) is 5.94. The van der Waals surface area contributed by atoms with Gasteiger partial charge in [0, 0.05) is 11.8 Å². The molecule has 1 aliphatic rings. The van der Waals surface area contributed by atoms with E-state index in [1.54, 1.807) is 11.8 Å². The summed E-state index contributed by atoms with van der Waals surface area (Å²) in [4.78, 5) is 11.2. The molecule has 0 radical (unpaired) electrons. The molecule has 58 valence electrons. The Bertz CT molecular complexity index is 156. The molecular formula is C7H13NOS. The largest absolute Gasteiger partial charge is 0.352 e. The summed E-state index contributed by atoms with van der Waals surface area (Å²) in [5.74, 6) is 1.19. The molecule has 1 saturated heterocycles. The number of hydrogen-bond acceptors (Lipinski definition) is 2. The standard InChI is InChI=1S/C7H13NOS/c1-5-4-10-7(2,3)6(9)8-5/h5H,4H2,1-3H3,(H,8,9). The van der Waals surface area contributed by atoms with Gasteiger partial charge in [0.15, 0.2) is 0 Å². The highest BCUT2D eigenvalue weighted by atomic mass is 32.2. The lowest BCUT2D eigenvalue weighted by Gasteiger charge is -2.31. The predicted molar refractivity (Wildman–Crippen MR) is 44.1 cm³/mol. The first-order valence-electron chi connectivity index (χ1n) is 3.47. The summed E-state index contributed by atoms with van der Waals surface area (Å²) in [5, 5.41) is 2.91. The quantitative estimate of drug-likeness (QED) is 0.571. The van der Waals surface area contributed by atoms with Crippen LogP contribution in [0.25, 0.3) is 0 Å². The zero-order chi connectivity index (χ0) is 7.78. The molecule has 0 aromatic rings. The number of nitrogens with one attached hydrogen (secondary N) is 1. The lowest BCUT2D eigenvalue weighted by Crippen LogP contribution is -2.50. The van der Waals surface area contributed by atoms with Crippen molar-refractivity contribution < 1.29 is 4.79 Å². The van der Waals surface area contributed by atoms with Crippen molar-refractivity contribution in [3.63, 3.8) is 0 Å². The fourth-order valence-electron chi connectivity index (χ4n) is 0.838. The fourth-order valence-corrected chi connectivity index (χ4v) is 1.78. The van der Waals surface area contributed by atoms with Crippen LogP contribution in [0.4, 0.5) is 0 Å².